The van der Waals surface area contributed by atoms with Gasteiger partial charge in [0.2, 0.25) is 5.88 Å². The van der Waals surface area contributed by atoms with Crippen LogP contribution >= 0.6 is 0 Å². The normalized spacial score (nSPS) is 10.5. The summed E-state index contributed by atoms with van der Waals surface area (Å²) in [6, 6.07) is 6.58. The Balaban J connectivity index is 2.22. The van der Waals surface area contributed by atoms with Gasteiger partial charge in [-0.15, -0.1) is 0 Å². The van der Waals surface area contributed by atoms with E-state index in [0.29, 0.717) is 11.4 Å². The number of hydrogen-bond acceptors (Lipinski definition) is 4. The van der Waals surface area contributed by atoms with Gasteiger partial charge in [-0.05, 0) is 19.4 Å². The summed E-state index contributed by atoms with van der Waals surface area (Å²) >= 11 is 0. The molecule has 21 heavy (non-hydrogen) atoms. The maximum atomic E-state index is 13.6. The van der Waals surface area contributed by atoms with Crippen LogP contribution < -0.4 is 10.1 Å². The molecule has 0 spiro atoms. The third-order valence-electron chi connectivity index (χ3n) is 3.18. The Labute approximate surface area is 124 Å². The molecule has 0 aliphatic rings. The Hall–Kier alpha value is -2.17. The van der Waals surface area contributed by atoms with E-state index in [1.807, 2.05) is 14.0 Å². The Kier molecular flexibility index (Phi) is 5.09. The van der Waals surface area contributed by atoms with Crippen molar-refractivity contribution in [2.45, 2.75) is 33.3 Å². The van der Waals surface area contributed by atoms with Crippen molar-refractivity contribution < 1.29 is 9.13 Å². The molecule has 0 radical (unpaired) electrons. The Bertz CT molecular complexity index is 616. The first-order valence-corrected chi connectivity index (χ1v) is 7.07. The number of rotatable bonds is 6. The fourth-order valence-electron chi connectivity index (χ4n) is 2.02. The van der Waals surface area contributed by atoms with Gasteiger partial charge in [-0.3, -0.25) is 0 Å². The molecule has 112 valence electrons. The van der Waals surface area contributed by atoms with E-state index in [1.54, 1.807) is 18.2 Å². The summed E-state index contributed by atoms with van der Waals surface area (Å²) in [7, 11) is 1.81. The first kappa shape index (κ1) is 15.2. The monoisotopic (exact) mass is 289 g/mol. The maximum Gasteiger partial charge on any atom is 0.222 e. The van der Waals surface area contributed by atoms with E-state index in [1.165, 1.54) is 6.07 Å². The van der Waals surface area contributed by atoms with Gasteiger partial charge in [-0.25, -0.2) is 9.37 Å². The lowest BCUT2D eigenvalue weighted by atomic mass is 10.2. The molecule has 0 fully saturated rings. The molecule has 1 aromatic carbocycles. The van der Waals surface area contributed by atoms with E-state index < -0.39 is 0 Å². The molecule has 0 saturated carbocycles. The largest absolute Gasteiger partial charge is 0.472 e. The van der Waals surface area contributed by atoms with Gasteiger partial charge in [0.15, 0.2) is 0 Å². The van der Waals surface area contributed by atoms with Crippen LogP contribution in [0, 0.1) is 12.7 Å². The summed E-state index contributed by atoms with van der Waals surface area (Å²) in [6.45, 7) is 4.11. The van der Waals surface area contributed by atoms with Crippen LogP contribution in [-0.2, 0) is 13.0 Å². The van der Waals surface area contributed by atoms with Gasteiger partial charge in [0.25, 0.3) is 0 Å². The standard InChI is InChI=1S/C16H20FN3O/c1-4-7-14-19-15(18-3)11(2)16(20-14)21-10-12-8-5-6-9-13(12)17/h5-6,8-9H,4,7,10H2,1-3H3,(H,18,19,20). The molecule has 1 aromatic heterocycles. The average Bonchev–Trinajstić information content (AvgIpc) is 2.49. The lowest BCUT2D eigenvalue weighted by Gasteiger charge is -2.13. The number of nitrogens with one attached hydrogen (secondary N) is 1. The van der Waals surface area contributed by atoms with Gasteiger partial charge in [0.05, 0.1) is 5.56 Å². The lowest BCUT2D eigenvalue weighted by Crippen LogP contribution is -2.08. The first-order chi connectivity index (χ1) is 10.2. The molecule has 2 rings (SSSR count). The Morgan fingerprint density at radius 2 is 2.00 bits per heavy atom. The molecular formula is C16H20FN3O. The van der Waals surface area contributed by atoms with Crippen molar-refractivity contribution in [3.05, 3.63) is 47.0 Å². The second kappa shape index (κ2) is 7.02. The number of anilines is 1. The van der Waals surface area contributed by atoms with Crippen LogP contribution in [0.2, 0.25) is 0 Å². The van der Waals surface area contributed by atoms with Crippen LogP contribution in [0.4, 0.5) is 10.2 Å². The van der Waals surface area contributed by atoms with Crippen LogP contribution in [0.15, 0.2) is 24.3 Å². The molecule has 1 heterocycles. The number of halogens is 1. The smallest absolute Gasteiger partial charge is 0.222 e. The number of nitrogens with zero attached hydrogens (tertiary/aromatic N) is 2. The van der Waals surface area contributed by atoms with Crippen LogP contribution in [0.1, 0.15) is 30.3 Å². The molecule has 1 N–H and O–H groups in total. The highest BCUT2D eigenvalue weighted by molar-refractivity contribution is 5.48. The lowest BCUT2D eigenvalue weighted by molar-refractivity contribution is 0.284. The third kappa shape index (κ3) is 3.68. The van der Waals surface area contributed by atoms with Crippen LogP contribution in [0.5, 0.6) is 5.88 Å². The highest BCUT2D eigenvalue weighted by atomic mass is 19.1. The molecule has 0 aliphatic carbocycles. The van der Waals surface area contributed by atoms with E-state index in [9.17, 15) is 4.39 Å². The van der Waals surface area contributed by atoms with E-state index in [2.05, 4.69) is 22.2 Å². The highest BCUT2D eigenvalue weighted by Crippen LogP contribution is 2.23. The zero-order valence-electron chi connectivity index (χ0n) is 12.6. The van der Waals surface area contributed by atoms with Crippen molar-refractivity contribution in [2.24, 2.45) is 0 Å². The fourth-order valence-corrected chi connectivity index (χ4v) is 2.02. The molecule has 5 heteroatoms. The first-order valence-electron chi connectivity index (χ1n) is 7.07. The SMILES string of the molecule is CCCc1nc(NC)c(C)c(OCc2ccccc2F)n1. The minimum atomic E-state index is -0.271. The second-order valence-corrected chi connectivity index (χ2v) is 4.80. The molecule has 0 bridgehead atoms. The topological polar surface area (TPSA) is 47.0 Å². The van der Waals surface area contributed by atoms with Gasteiger partial charge in [0.1, 0.15) is 24.1 Å². The maximum absolute atomic E-state index is 13.6. The summed E-state index contributed by atoms with van der Waals surface area (Å²) in [5, 5.41) is 3.04. The minimum Gasteiger partial charge on any atom is -0.472 e. The molecule has 0 unspecified atom stereocenters. The van der Waals surface area contributed by atoms with Crippen molar-refractivity contribution in [3.63, 3.8) is 0 Å². The highest BCUT2D eigenvalue weighted by Gasteiger charge is 2.12. The van der Waals surface area contributed by atoms with E-state index >= 15 is 0 Å². The molecular weight excluding hydrogens is 269 g/mol. The summed E-state index contributed by atoms with van der Waals surface area (Å²) < 4.78 is 19.3. The van der Waals surface area contributed by atoms with Gasteiger partial charge in [-0.2, -0.15) is 4.98 Å². The molecule has 4 nitrogen and oxygen atoms in total. The molecule has 0 atom stereocenters. The predicted molar refractivity (Wildman–Crippen MR) is 81.0 cm³/mol. The van der Waals surface area contributed by atoms with Gasteiger partial charge in [-0.1, -0.05) is 25.1 Å². The zero-order chi connectivity index (χ0) is 15.2. The Morgan fingerprint density at radius 1 is 1.24 bits per heavy atom. The van der Waals surface area contributed by atoms with Crippen molar-refractivity contribution in [3.8, 4) is 5.88 Å². The summed E-state index contributed by atoms with van der Waals surface area (Å²) in [5.41, 5.74) is 1.34. The van der Waals surface area contributed by atoms with Crippen molar-refractivity contribution in [1.29, 1.82) is 0 Å². The average molecular weight is 289 g/mol. The van der Waals surface area contributed by atoms with Gasteiger partial charge < -0.3 is 10.1 Å². The van der Waals surface area contributed by atoms with E-state index in [-0.39, 0.29) is 12.4 Å². The van der Waals surface area contributed by atoms with Gasteiger partial charge >= 0.3 is 0 Å². The summed E-state index contributed by atoms with van der Waals surface area (Å²) in [5.74, 6) is 1.71. The molecule has 0 saturated heterocycles. The van der Waals surface area contributed by atoms with E-state index in [4.69, 9.17) is 4.74 Å². The number of ether oxygens (including phenoxy) is 1. The van der Waals surface area contributed by atoms with Crippen molar-refractivity contribution in [2.75, 3.05) is 12.4 Å². The van der Waals surface area contributed by atoms with Crippen molar-refractivity contribution >= 4 is 5.82 Å². The zero-order valence-corrected chi connectivity index (χ0v) is 12.6. The number of aryl methyl sites for hydroxylation is 1. The molecule has 0 amide bonds. The summed E-state index contributed by atoms with van der Waals surface area (Å²) in [6.07, 6.45) is 1.74. The number of hydrogen-bond donors (Lipinski definition) is 1. The third-order valence-corrected chi connectivity index (χ3v) is 3.18. The van der Waals surface area contributed by atoms with E-state index in [0.717, 1.165) is 30.0 Å². The molecule has 0 aliphatic heterocycles. The Morgan fingerprint density at radius 3 is 2.67 bits per heavy atom. The quantitative estimate of drug-likeness (QED) is 0.884. The number of aromatic nitrogens is 2. The second-order valence-electron chi connectivity index (χ2n) is 4.80. The fraction of sp³-hybridized carbons (Fsp3) is 0.375. The minimum absolute atomic E-state index is 0.152. The molecule has 2 aromatic rings. The van der Waals surface area contributed by atoms with Gasteiger partial charge in [0, 0.05) is 19.0 Å². The van der Waals surface area contributed by atoms with Crippen LogP contribution in [0.3, 0.4) is 0 Å². The predicted octanol–water partition coefficient (Wildman–Crippen LogP) is 3.50. The summed E-state index contributed by atoms with van der Waals surface area (Å²) in [4.78, 5) is 8.86. The number of benzene rings is 1. The van der Waals surface area contributed by atoms with Crippen LogP contribution in [-0.4, -0.2) is 17.0 Å². The van der Waals surface area contributed by atoms with Crippen LogP contribution in [0.25, 0.3) is 0 Å². The van der Waals surface area contributed by atoms with Crippen molar-refractivity contribution in [1.82, 2.24) is 9.97 Å².